The zero-order valence-corrected chi connectivity index (χ0v) is 8.66. The van der Waals surface area contributed by atoms with Gasteiger partial charge in [0.1, 0.15) is 12.4 Å². The van der Waals surface area contributed by atoms with Crippen LogP contribution in [0.1, 0.15) is 18.1 Å². The Hall–Kier alpha value is -1.06. The van der Waals surface area contributed by atoms with Crippen LogP contribution in [0.3, 0.4) is 0 Å². The minimum absolute atomic E-state index is 0.303. The van der Waals surface area contributed by atoms with Crippen molar-refractivity contribution in [2.75, 3.05) is 6.61 Å². The number of nitrogens with two attached hydrogens (primary N) is 1. The van der Waals surface area contributed by atoms with E-state index in [-0.39, 0.29) is 0 Å². The second-order valence-electron chi connectivity index (χ2n) is 3.43. The van der Waals surface area contributed by atoms with E-state index in [0.717, 1.165) is 16.9 Å². The van der Waals surface area contributed by atoms with E-state index < -0.39 is 6.10 Å². The van der Waals surface area contributed by atoms with E-state index in [4.69, 9.17) is 15.6 Å². The van der Waals surface area contributed by atoms with Crippen molar-refractivity contribution in [1.29, 1.82) is 0 Å². The lowest BCUT2D eigenvalue weighted by Gasteiger charge is -2.14. The van der Waals surface area contributed by atoms with Gasteiger partial charge >= 0.3 is 0 Å². The molecule has 1 atom stereocenters. The number of rotatable bonds is 4. The maximum atomic E-state index is 9.11. The van der Waals surface area contributed by atoms with Gasteiger partial charge in [-0.15, -0.1) is 0 Å². The highest BCUT2D eigenvalue weighted by Gasteiger charge is 2.06. The molecule has 0 aliphatic rings. The van der Waals surface area contributed by atoms with Crippen molar-refractivity contribution in [2.24, 2.45) is 5.73 Å². The third kappa shape index (κ3) is 2.72. The molecule has 0 spiro atoms. The summed E-state index contributed by atoms with van der Waals surface area (Å²) in [5, 5.41) is 9.11. The number of aryl methyl sites for hydroxylation is 1. The SMILES string of the molecule is Cc1cccc(CN)c1OCC(C)O. The first-order chi connectivity index (χ1) is 6.65. The topological polar surface area (TPSA) is 55.5 Å². The molecule has 0 saturated heterocycles. The van der Waals surface area contributed by atoms with Gasteiger partial charge in [0.05, 0.1) is 6.10 Å². The van der Waals surface area contributed by atoms with Gasteiger partial charge in [-0.05, 0) is 19.4 Å². The Morgan fingerprint density at radius 3 is 2.79 bits per heavy atom. The van der Waals surface area contributed by atoms with Crippen LogP contribution in [-0.4, -0.2) is 17.8 Å². The predicted octanol–water partition coefficient (Wildman–Crippen LogP) is 1.21. The summed E-state index contributed by atoms with van der Waals surface area (Å²) >= 11 is 0. The van der Waals surface area contributed by atoms with Crippen LogP contribution in [0, 0.1) is 6.92 Å². The fraction of sp³-hybridized carbons (Fsp3) is 0.455. The minimum atomic E-state index is -0.458. The molecule has 0 amide bonds. The van der Waals surface area contributed by atoms with E-state index in [1.54, 1.807) is 6.92 Å². The van der Waals surface area contributed by atoms with E-state index >= 15 is 0 Å². The van der Waals surface area contributed by atoms with Gasteiger partial charge in [0, 0.05) is 12.1 Å². The van der Waals surface area contributed by atoms with E-state index in [1.165, 1.54) is 0 Å². The second-order valence-corrected chi connectivity index (χ2v) is 3.43. The van der Waals surface area contributed by atoms with E-state index in [2.05, 4.69) is 0 Å². The van der Waals surface area contributed by atoms with E-state index in [9.17, 15) is 0 Å². The normalized spacial score (nSPS) is 12.6. The predicted molar refractivity (Wildman–Crippen MR) is 56.2 cm³/mol. The van der Waals surface area contributed by atoms with Gasteiger partial charge in [0.25, 0.3) is 0 Å². The van der Waals surface area contributed by atoms with E-state index in [0.29, 0.717) is 13.2 Å². The van der Waals surface area contributed by atoms with Gasteiger partial charge in [-0.25, -0.2) is 0 Å². The number of benzene rings is 1. The third-order valence-corrected chi connectivity index (χ3v) is 1.98. The molecule has 0 aromatic heterocycles. The molecular formula is C11H17NO2. The lowest BCUT2D eigenvalue weighted by atomic mass is 10.1. The van der Waals surface area contributed by atoms with Gasteiger partial charge < -0.3 is 15.6 Å². The van der Waals surface area contributed by atoms with Crippen molar-refractivity contribution in [3.8, 4) is 5.75 Å². The van der Waals surface area contributed by atoms with Gasteiger partial charge in [0.2, 0.25) is 0 Å². The molecule has 1 aromatic rings. The highest BCUT2D eigenvalue weighted by Crippen LogP contribution is 2.22. The van der Waals surface area contributed by atoms with Gasteiger partial charge in [-0.2, -0.15) is 0 Å². The van der Waals surface area contributed by atoms with Crippen LogP contribution < -0.4 is 10.5 Å². The van der Waals surface area contributed by atoms with Crippen LogP contribution in [0.5, 0.6) is 5.75 Å². The highest BCUT2D eigenvalue weighted by molar-refractivity contribution is 5.40. The quantitative estimate of drug-likeness (QED) is 0.759. The molecule has 1 unspecified atom stereocenters. The van der Waals surface area contributed by atoms with Crippen LogP contribution in [0.2, 0.25) is 0 Å². The Morgan fingerprint density at radius 2 is 2.21 bits per heavy atom. The standard InChI is InChI=1S/C11H17NO2/c1-8-4-3-5-10(6-12)11(8)14-7-9(2)13/h3-5,9,13H,6-7,12H2,1-2H3. The van der Waals surface area contributed by atoms with Crippen LogP contribution in [0.4, 0.5) is 0 Å². The second kappa shape index (κ2) is 4.98. The van der Waals surface area contributed by atoms with Gasteiger partial charge in [-0.1, -0.05) is 18.2 Å². The molecule has 0 aliphatic carbocycles. The number of para-hydroxylation sites is 1. The van der Waals surface area contributed by atoms with Gasteiger partial charge in [-0.3, -0.25) is 0 Å². The number of aliphatic hydroxyl groups excluding tert-OH is 1. The zero-order valence-electron chi connectivity index (χ0n) is 8.66. The zero-order chi connectivity index (χ0) is 10.6. The largest absolute Gasteiger partial charge is 0.490 e. The Bertz CT molecular complexity index is 297. The fourth-order valence-electron chi connectivity index (χ4n) is 1.28. The molecule has 0 saturated carbocycles. The number of aliphatic hydroxyl groups is 1. The fourth-order valence-corrected chi connectivity index (χ4v) is 1.28. The van der Waals surface area contributed by atoms with Crippen molar-refractivity contribution in [1.82, 2.24) is 0 Å². The highest BCUT2D eigenvalue weighted by atomic mass is 16.5. The molecule has 0 fully saturated rings. The molecule has 3 nitrogen and oxygen atoms in total. The van der Waals surface area contributed by atoms with E-state index in [1.807, 2.05) is 25.1 Å². The summed E-state index contributed by atoms with van der Waals surface area (Å²) in [6.45, 7) is 4.42. The molecule has 0 bridgehead atoms. The van der Waals surface area contributed by atoms with Crippen molar-refractivity contribution < 1.29 is 9.84 Å². The summed E-state index contributed by atoms with van der Waals surface area (Å²) < 4.78 is 5.49. The number of hydrogen-bond acceptors (Lipinski definition) is 3. The molecule has 0 heterocycles. The van der Waals surface area contributed by atoms with Gasteiger partial charge in [0.15, 0.2) is 0 Å². The molecule has 1 rings (SSSR count). The molecular weight excluding hydrogens is 178 g/mol. The third-order valence-electron chi connectivity index (χ3n) is 1.98. The van der Waals surface area contributed by atoms with Crippen molar-refractivity contribution in [3.05, 3.63) is 29.3 Å². The average Bonchev–Trinajstić information content (AvgIpc) is 2.15. The summed E-state index contributed by atoms with van der Waals surface area (Å²) in [5.41, 5.74) is 7.61. The first kappa shape index (κ1) is 11.0. The molecule has 3 N–H and O–H groups in total. The Labute approximate surface area is 84.5 Å². The maximum absolute atomic E-state index is 9.11. The van der Waals surface area contributed by atoms with Crippen molar-refractivity contribution in [2.45, 2.75) is 26.5 Å². The monoisotopic (exact) mass is 195 g/mol. The first-order valence-electron chi connectivity index (χ1n) is 4.74. The average molecular weight is 195 g/mol. The minimum Gasteiger partial charge on any atom is -0.490 e. The summed E-state index contributed by atoms with van der Waals surface area (Å²) in [5.74, 6) is 0.802. The molecule has 0 radical (unpaired) electrons. The summed E-state index contributed by atoms with van der Waals surface area (Å²) in [4.78, 5) is 0. The molecule has 1 aromatic carbocycles. The van der Waals surface area contributed by atoms with Crippen LogP contribution >= 0.6 is 0 Å². The molecule has 78 valence electrons. The lowest BCUT2D eigenvalue weighted by Crippen LogP contribution is -2.14. The smallest absolute Gasteiger partial charge is 0.126 e. The van der Waals surface area contributed by atoms with Crippen LogP contribution in [0.15, 0.2) is 18.2 Å². The number of ether oxygens (including phenoxy) is 1. The molecule has 14 heavy (non-hydrogen) atoms. The Morgan fingerprint density at radius 1 is 1.50 bits per heavy atom. The summed E-state index contributed by atoms with van der Waals surface area (Å²) in [7, 11) is 0. The maximum Gasteiger partial charge on any atom is 0.126 e. The van der Waals surface area contributed by atoms with Crippen LogP contribution in [0.25, 0.3) is 0 Å². The molecule has 3 heteroatoms. The first-order valence-corrected chi connectivity index (χ1v) is 4.74. The summed E-state index contributed by atoms with van der Waals surface area (Å²) in [6.07, 6.45) is -0.458. The van der Waals surface area contributed by atoms with Crippen molar-refractivity contribution in [3.63, 3.8) is 0 Å². The lowest BCUT2D eigenvalue weighted by molar-refractivity contribution is 0.121. The molecule has 0 aliphatic heterocycles. The Kier molecular flexibility index (Phi) is 3.92. The number of hydrogen-bond donors (Lipinski definition) is 2. The van der Waals surface area contributed by atoms with Crippen molar-refractivity contribution >= 4 is 0 Å². The Balaban J connectivity index is 2.82. The van der Waals surface area contributed by atoms with Crippen LogP contribution in [-0.2, 0) is 6.54 Å². The summed E-state index contributed by atoms with van der Waals surface area (Å²) in [6, 6.07) is 5.85.